The Kier molecular flexibility index (Phi) is 4.86. The van der Waals surface area contributed by atoms with E-state index in [2.05, 4.69) is 10.1 Å². The van der Waals surface area contributed by atoms with Crippen LogP contribution >= 0.6 is 11.3 Å². The van der Waals surface area contributed by atoms with E-state index >= 15 is 0 Å². The van der Waals surface area contributed by atoms with Crippen LogP contribution in [0.3, 0.4) is 0 Å². The third-order valence-corrected chi connectivity index (χ3v) is 6.96. The SMILES string of the molecule is O[C@]1(C(F)(F)F)[C@H]2C[C@@H](c3ccccc3)CCC2=NN1c1nc(-c2ccccc2)cs1. The molecule has 0 spiro atoms. The van der Waals surface area contributed by atoms with E-state index in [-0.39, 0.29) is 17.5 Å². The Hall–Kier alpha value is -2.71. The lowest BCUT2D eigenvalue weighted by Crippen LogP contribution is -2.60. The molecule has 0 unspecified atom stereocenters. The molecule has 1 aliphatic heterocycles. The topological polar surface area (TPSA) is 48.7 Å². The molecule has 1 fully saturated rings. The number of hydrogen-bond donors (Lipinski definition) is 1. The second-order valence-electron chi connectivity index (χ2n) is 7.94. The maximum absolute atomic E-state index is 14.3. The zero-order valence-electron chi connectivity index (χ0n) is 16.5. The summed E-state index contributed by atoms with van der Waals surface area (Å²) in [6.07, 6.45) is -3.59. The first-order valence-electron chi connectivity index (χ1n) is 10.1. The van der Waals surface area contributed by atoms with Gasteiger partial charge >= 0.3 is 6.18 Å². The lowest BCUT2D eigenvalue weighted by molar-refractivity contribution is -0.269. The minimum atomic E-state index is -4.89. The molecule has 160 valence electrons. The zero-order valence-corrected chi connectivity index (χ0v) is 17.3. The number of alkyl halides is 3. The highest BCUT2D eigenvalue weighted by atomic mass is 32.1. The fourth-order valence-corrected chi connectivity index (χ4v) is 5.38. The maximum Gasteiger partial charge on any atom is 0.439 e. The molecule has 2 aliphatic rings. The summed E-state index contributed by atoms with van der Waals surface area (Å²) in [4.78, 5) is 4.38. The molecule has 2 aromatic carbocycles. The van der Waals surface area contributed by atoms with Gasteiger partial charge in [0.25, 0.3) is 5.72 Å². The van der Waals surface area contributed by atoms with Crippen molar-refractivity contribution in [3.8, 4) is 11.3 Å². The van der Waals surface area contributed by atoms with Crippen LogP contribution in [-0.4, -0.2) is 27.7 Å². The molecule has 1 saturated carbocycles. The van der Waals surface area contributed by atoms with Crippen molar-refractivity contribution in [2.24, 2.45) is 11.0 Å². The van der Waals surface area contributed by atoms with Gasteiger partial charge in [0.05, 0.1) is 11.6 Å². The number of benzene rings is 2. The Bertz CT molecular complexity index is 1100. The van der Waals surface area contributed by atoms with Gasteiger partial charge in [-0.2, -0.15) is 23.3 Å². The van der Waals surface area contributed by atoms with Gasteiger partial charge in [0.2, 0.25) is 5.13 Å². The minimum absolute atomic E-state index is 0.0387. The number of halogens is 3. The molecule has 4 nitrogen and oxygen atoms in total. The second-order valence-corrected chi connectivity index (χ2v) is 8.78. The van der Waals surface area contributed by atoms with E-state index in [4.69, 9.17) is 0 Å². The van der Waals surface area contributed by atoms with Gasteiger partial charge in [0, 0.05) is 16.7 Å². The average molecular weight is 443 g/mol. The molecular weight excluding hydrogens is 423 g/mol. The van der Waals surface area contributed by atoms with E-state index in [9.17, 15) is 18.3 Å². The fourth-order valence-electron chi connectivity index (χ4n) is 4.54. The molecule has 1 N–H and O–H groups in total. The van der Waals surface area contributed by atoms with E-state index in [1.54, 1.807) is 5.38 Å². The van der Waals surface area contributed by atoms with Crippen molar-refractivity contribution in [2.45, 2.75) is 37.1 Å². The summed E-state index contributed by atoms with van der Waals surface area (Å²) in [5.74, 6) is -1.19. The summed E-state index contributed by atoms with van der Waals surface area (Å²) in [5, 5.41) is 17.8. The predicted octanol–water partition coefficient (Wildman–Crippen LogP) is 5.82. The molecule has 5 rings (SSSR count). The van der Waals surface area contributed by atoms with Gasteiger partial charge in [-0.25, -0.2) is 4.98 Å². The molecule has 3 atom stereocenters. The number of hydrazone groups is 1. The van der Waals surface area contributed by atoms with Gasteiger partial charge in [0.15, 0.2) is 0 Å². The van der Waals surface area contributed by atoms with Crippen molar-refractivity contribution in [1.29, 1.82) is 0 Å². The number of nitrogens with zero attached hydrogens (tertiary/aromatic N) is 3. The van der Waals surface area contributed by atoms with Crippen LogP contribution in [0.2, 0.25) is 0 Å². The summed E-state index contributed by atoms with van der Waals surface area (Å²) >= 11 is 1.05. The third-order valence-electron chi connectivity index (χ3n) is 6.14. The van der Waals surface area contributed by atoms with Crippen LogP contribution in [0, 0.1) is 5.92 Å². The molecule has 8 heteroatoms. The normalized spacial score (nSPS) is 25.9. The van der Waals surface area contributed by atoms with Gasteiger partial charge in [-0.1, -0.05) is 60.7 Å². The van der Waals surface area contributed by atoms with Crippen molar-refractivity contribution < 1.29 is 18.3 Å². The number of aromatic nitrogens is 1. The maximum atomic E-state index is 14.3. The van der Waals surface area contributed by atoms with E-state index in [1.807, 2.05) is 60.7 Å². The monoisotopic (exact) mass is 443 g/mol. The highest BCUT2D eigenvalue weighted by Crippen LogP contribution is 2.52. The number of fused-ring (bicyclic) bond motifs is 1. The minimum Gasteiger partial charge on any atom is -0.362 e. The Labute approximate surface area is 181 Å². The van der Waals surface area contributed by atoms with Crippen molar-refractivity contribution in [1.82, 2.24) is 4.98 Å². The summed E-state index contributed by atoms with van der Waals surface area (Å²) in [7, 11) is 0. The summed E-state index contributed by atoms with van der Waals surface area (Å²) in [6.45, 7) is 0. The molecule has 0 amide bonds. The predicted molar refractivity (Wildman–Crippen MR) is 115 cm³/mol. The van der Waals surface area contributed by atoms with Crippen LogP contribution in [0.5, 0.6) is 0 Å². The van der Waals surface area contributed by atoms with Crippen molar-refractivity contribution in [3.63, 3.8) is 0 Å². The van der Waals surface area contributed by atoms with Crippen LogP contribution in [-0.2, 0) is 0 Å². The highest BCUT2D eigenvalue weighted by Gasteiger charge is 2.68. The first-order chi connectivity index (χ1) is 14.9. The summed E-state index contributed by atoms with van der Waals surface area (Å²) < 4.78 is 43.0. The largest absolute Gasteiger partial charge is 0.439 e. The zero-order chi connectivity index (χ0) is 21.6. The van der Waals surface area contributed by atoms with Crippen molar-refractivity contribution in [3.05, 3.63) is 71.6 Å². The quantitative estimate of drug-likeness (QED) is 0.555. The lowest BCUT2D eigenvalue weighted by atomic mass is 9.73. The van der Waals surface area contributed by atoms with E-state index in [0.29, 0.717) is 29.3 Å². The molecule has 1 aliphatic carbocycles. The van der Waals surface area contributed by atoms with Gasteiger partial charge in [-0.05, 0) is 30.7 Å². The molecule has 3 aromatic rings. The van der Waals surface area contributed by atoms with E-state index in [1.165, 1.54) is 0 Å². The standard InChI is InChI=1S/C23H20F3N3OS/c24-23(25,26)22(30)18-13-17(15-7-3-1-4-8-15)11-12-19(18)28-29(22)21-27-20(14-31-21)16-9-5-2-6-10-16/h1-10,14,17-18,30H,11-13H2/t17-,18-,22-/m0/s1. The number of anilines is 1. The van der Waals surface area contributed by atoms with Gasteiger partial charge in [0.1, 0.15) is 0 Å². The Balaban J connectivity index is 1.51. The van der Waals surface area contributed by atoms with Gasteiger partial charge in [-0.3, -0.25) is 0 Å². The van der Waals surface area contributed by atoms with Gasteiger partial charge in [-0.15, -0.1) is 11.3 Å². The highest BCUT2D eigenvalue weighted by molar-refractivity contribution is 7.14. The van der Waals surface area contributed by atoms with Crippen molar-refractivity contribution in [2.75, 3.05) is 5.01 Å². The summed E-state index contributed by atoms with van der Waals surface area (Å²) in [6, 6.07) is 18.7. The number of thiazole rings is 1. The van der Waals surface area contributed by atoms with Gasteiger partial charge < -0.3 is 5.11 Å². The fraction of sp³-hybridized carbons (Fsp3) is 0.304. The van der Waals surface area contributed by atoms with E-state index < -0.39 is 17.8 Å². The third kappa shape index (κ3) is 3.34. The van der Waals surface area contributed by atoms with Crippen LogP contribution in [0.4, 0.5) is 18.3 Å². The molecule has 31 heavy (non-hydrogen) atoms. The molecule has 0 radical (unpaired) electrons. The molecule has 0 bridgehead atoms. The first kappa shape index (κ1) is 20.2. The smallest absolute Gasteiger partial charge is 0.362 e. The Morgan fingerprint density at radius 2 is 1.71 bits per heavy atom. The Morgan fingerprint density at radius 1 is 1.03 bits per heavy atom. The van der Waals surface area contributed by atoms with Crippen molar-refractivity contribution >= 4 is 22.2 Å². The molecular formula is C23H20F3N3OS. The van der Waals surface area contributed by atoms with Crippen LogP contribution in [0.25, 0.3) is 11.3 Å². The molecule has 1 aromatic heterocycles. The Morgan fingerprint density at radius 3 is 2.39 bits per heavy atom. The van der Waals surface area contributed by atoms with Crippen LogP contribution in [0.15, 0.2) is 71.1 Å². The molecule has 0 saturated heterocycles. The van der Waals surface area contributed by atoms with Crippen LogP contribution in [0.1, 0.15) is 30.7 Å². The number of hydrogen-bond acceptors (Lipinski definition) is 5. The average Bonchev–Trinajstić information content (AvgIpc) is 3.38. The molecule has 2 heterocycles. The van der Waals surface area contributed by atoms with Crippen LogP contribution < -0.4 is 5.01 Å². The number of aliphatic hydroxyl groups is 1. The first-order valence-corrected chi connectivity index (χ1v) is 11.0. The second kappa shape index (κ2) is 7.46. The number of rotatable bonds is 3. The lowest BCUT2D eigenvalue weighted by Gasteiger charge is -2.39. The summed E-state index contributed by atoms with van der Waals surface area (Å²) in [5.41, 5.74) is -0.369. The van der Waals surface area contributed by atoms with E-state index in [0.717, 1.165) is 22.5 Å².